The van der Waals surface area contributed by atoms with Gasteiger partial charge in [-0.15, -0.1) is 0 Å². The van der Waals surface area contributed by atoms with Crippen LogP contribution in [0.15, 0.2) is 24.3 Å². The summed E-state index contributed by atoms with van der Waals surface area (Å²) in [7, 11) is 0. The predicted octanol–water partition coefficient (Wildman–Crippen LogP) is 5.09. The summed E-state index contributed by atoms with van der Waals surface area (Å²) in [6.07, 6.45) is 0. The second-order valence-electron chi connectivity index (χ2n) is 10.1. The molecule has 1 aromatic heterocycles. The minimum Gasteiger partial charge on any atom is -0.313 e. The van der Waals surface area contributed by atoms with E-state index in [0.717, 1.165) is 17.8 Å². The first-order chi connectivity index (χ1) is 14.6. The van der Waals surface area contributed by atoms with Crippen molar-refractivity contribution in [1.82, 2.24) is 14.7 Å². The van der Waals surface area contributed by atoms with Crippen LogP contribution >= 0.6 is 0 Å². The van der Waals surface area contributed by atoms with Crippen LogP contribution in [0.5, 0.6) is 0 Å². The van der Waals surface area contributed by atoms with E-state index in [-0.39, 0.29) is 29.2 Å². The van der Waals surface area contributed by atoms with E-state index in [0.29, 0.717) is 11.9 Å². The van der Waals surface area contributed by atoms with Gasteiger partial charge in [-0.1, -0.05) is 20.8 Å². The number of carbonyl (C=O) groups excluding carboxylic acids is 2. The second kappa shape index (κ2) is 9.26. The molecule has 32 heavy (non-hydrogen) atoms. The van der Waals surface area contributed by atoms with Gasteiger partial charge in [0.1, 0.15) is 24.0 Å². The van der Waals surface area contributed by atoms with E-state index in [2.05, 4.69) is 15.7 Å². The van der Waals surface area contributed by atoms with Crippen molar-refractivity contribution in [3.63, 3.8) is 0 Å². The summed E-state index contributed by atoms with van der Waals surface area (Å²) in [6.45, 7) is 15.3. The van der Waals surface area contributed by atoms with Gasteiger partial charge in [-0.05, 0) is 46.8 Å². The van der Waals surface area contributed by atoms with Crippen LogP contribution < -0.4 is 10.6 Å². The highest BCUT2D eigenvalue weighted by Gasteiger charge is 2.27. The highest BCUT2D eigenvalue weighted by atomic mass is 19.1. The van der Waals surface area contributed by atoms with Gasteiger partial charge in [-0.2, -0.15) is 5.10 Å². The van der Waals surface area contributed by atoms with E-state index >= 15 is 0 Å². The summed E-state index contributed by atoms with van der Waals surface area (Å²) in [6, 6.07) is 3.68. The minimum atomic E-state index is -0.893. The monoisotopic (exact) mass is 449 g/mol. The number of carbonyl (C=O) groups is 2. The Bertz CT molecular complexity index is 987. The maximum Gasteiger partial charge on any atom is 0.322 e. The number of anilines is 2. The normalized spacial score (nSPS) is 12.1. The highest BCUT2D eigenvalue weighted by Crippen LogP contribution is 2.28. The van der Waals surface area contributed by atoms with Gasteiger partial charge in [-0.25, -0.2) is 18.3 Å². The van der Waals surface area contributed by atoms with Crippen LogP contribution in [0.4, 0.5) is 25.1 Å². The lowest BCUT2D eigenvalue weighted by molar-refractivity contribution is -0.117. The van der Waals surface area contributed by atoms with Gasteiger partial charge in [0.25, 0.3) is 0 Å². The van der Waals surface area contributed by atoms with Crippen molar-refractivity contribution in [3.05, 3.63) is 41.6 Å². The number of rotatable bonds is 5. The zero-order valence-corrected chi connectivity index (χ0v) is 20.0. The molecular formula is C23H33F2N5O2. The van der Waals surface area contributed by atoms with Crippen molar-refractivity contribution >= 4 is 23.4 Å². The predicted molar refractivity (Wildman–Crippen MR) is 122 cm³/mol. The van der Waals surface area contributed by atoms with Crippen molar-refractivity contribution in [1.29, 1.82) is 0 Å². The quantitative estimate of drug-likeness (QED) is 0.667. The lowest BCUT2D eigenvalue weighted by Gasteiger charge is -2.27. The maximum atomic E-state index is 13.9. The van der Waals surface area contributed by atoms with Gasteiger partial charge in [0, 0.05) is 23.6 Å². The largest absolute Gasteiger partial charge is 0.322 e. The van der Waals surface area contributed by atoms with Gasteiger partial charge in [-0.3, -0.25) is 4.79 Å². The van der Waals surface area contributed by atoms with E-state index < -0.39 is 23.6 Å². The van der Waals surface area contributed by atoms with Crippen molar-refractivity contribution in [2.75, 3.05) is 17.2 Å². The molecule has 0 aliphatic rings. The molecule has 2 aromatic rings. The Kier molecular flexibility index (Phi) is 7.32. The number of nitrogens with zero attached hydrogens (tertiary/aromatic N) is 3. The lowest BCUT2D eigenvalue weighted by atomic mass is 9.92. The molecule has 0 bridgehead atoms. The Morgan fingerprint density at radius 2 is 1.69 bits per heavy atom. The third-order valence-corrected chi connectivity index (χ3v) is 4.75. The maximum absolute atomic E-state index is 13.9. The first-order valence-corrected chi connectivity index (χ1v) is 10.5. The SMILES string of the molecule is CC(C)N(CC(=O)Nc1cc(C(C)(C)C)nn1C(C)(C)C)C(=O)Nc1ccc(F)cc1F. The number of hydrogen-bond acceptors (Lipinski definition) is 3. The summed E-state index contributed by atoms with van der Waals surface area (Å²) in [4.78, 5) is 26.8. The highest BCUT2D eigenvalue weighted by molar-refractivity contribution is 5.96. The first kappa shape index (κ1) is 25.3. The number of urea groups is 1. The summed E-state index contributed by atoms with van der Waals surface area (Å²) in [5.74, 6) is -1.53. The van der Waals surface area contributed by atoms with E-state index in [9.17, 15) is 18.4 Å². The number of benzene rings is 1. The zero-order chi connectivity index (χ0) is 24.4. The molecule has 0 saturated heterocycles. The average molecular weight is 450 g/mol. The molecule has 176 valence electrons. The van der Waals surface area contributed by atoms with E-state index in [1.807, 2.05) is 47.6 Å². The van der Waals surface area contributed by atoms with Crippen molar-refractivity contribution in [3.8, 4) is 0 Å². The Hall–Kier alpha value is -2.97. The fourth-order valence-electron chi connectivity index (χ4n) is 2.95. The van der Waals surface area contributed by atoms with E-state index in [4.69, 9.17) is 0 Å². The summed E-state index contributed by atoms with van der Waals surface area (Å²) in [5.41, 5.74) is 0.0801. The molecule has 0 saturated carbocycles. The summed E-state index contributed by atoms with van der Waals surface area (Å²) < 4.78 is 28.8. The fraction of sp³-hybridized carbons (Fsp3) is 0.522. The standard InChI is InChI=1S/C23H33F2N5O2/c1-14(2)29(21(32)26-17-10-9-15(24)11-16(17)25)13-20(31)27-19-12-18(22(3,4)5)28-30(19)23(6,7)8/h9-12,14H,13H2,1-8H3,(H,26,32)(H,27,31). The summed E-state index contributed by atoms with van der Waals surface area (Å²) in [5, 5.41) is 9.91. The van der Waals surface area contributed by atoms with Crippen LogP contribution in [0.1, 0.15) is 61.1 Å². The smallest absolute Gasteiger partial charge is 0.313 e. The van der Waals surface area contributed by atoms with Gasteiger partial charge < -0.3 is 15.5 Å². The molecule has 3 amide bonds. The molecule has 0 fully saturated rings. The molecule has 1 heterocycles. The van der Waals surface area contributed by atoms with Crippen LogP contribution in [-0.4, -0.2) is 39.2 Å². The van der Waals surface area contributed by atoms with Crippen LogP contribution in [0.2, 0.25) is 0 Å². The lowest BCUT2D eigenvalue weighted by Crippen LogP contribution is -2.45. The Balaban J connectivity index is 2.20. The number of halogens is 2. The molecule has 1 aromatic carbocycles. The van der Waals surface area contributed by atoms with Gasteiger partial charge in [0.05, 0.1) is 16.9 Å². The Morgan fingerprint density at radius 3 is 2.19 bits per heavy atom. The molecule has 0 atom stereocenters. The molecule has 9 heteroatoms. The van der Waals surface area contributed by atoms with Crippen LogP contribution in [0, 0.1) is 11.6 Å². The van der Waals surface area contributed by atoms with Crippen LogP contribution in [0.25, 0.3) is 0 Å². The molecule has 0 spiro atoms. The third-order valence-electron chi connectivity index (χ3n) is 4.75. The minimum absolute atomic E-state index is 0.164. The van der Waals surface area contributed by atoms with E-state index in [1.54, 1.807) is 18.5 Å². The van der Waals surface area contributed by atoms with Crippen molar-refractivity contribution in [2.45, 2.75) is 72.4 Å². The topological polar surface area (TPSA) is 79.3 Å². The molecule has 2 rings (SSSR count). The molecule has 7 nitrogen and oxygen atoms in total. The van der Waals surface area contributed by atoms with Crippen LogP contribution in [-0.2, 0) is 15.7 Å². The van der Waals surface area contributed by atoms with E-state index in [1.165, 1.54) is 4.90 Å². The Labute approximate surface area is 188 Å². The zero-order valence-electron chi connectivity index (χ0n) is 20.0. The summed E-state index contributed by atoms with van der Waals surface area (Å²) >= 11 is 0. The third kappa shape index (κ3) is 6.27. The number of nitrogens with one attached hydrogen (secondary N) is 2. The van der Waals surface area contributed by atoms with Gasteiger partial charge in [0.15, 0.2) is 0 Å². The molecule has 0 radical (unpaired) electrons. The van der Waals surface area contributed by atoms with Gasteiger partial charge >= 0.3 is 6.03 Å². The second-order valence-corrected chi connectivity index (χ2v) is 10.1. The average Bonchev–Trinajstić information content (AvgIpc) is 3.06. The van der Waals surface area contributed by atoms with Crippen LogP contribution in [0.3, 0.4) is 0 Å². The Morgan fingerprint density at radius 1 is 1.06 bits per heavy atom. The molecule has 0 aliphatic heterocycles. The molecule has 2 N–H and O–H groups in total. The molecule has 0 aliphatic carbocycles. The number of hydrogen-bond donors (Lipinski definition) is 2. The first-order valence-electron chi connectivity index (χ1n) is 10.5. The number of amides is 3. The molecular weight excluding hydrogens is 416 g/mol. The van der Waals surface area contributed by atoms with Gasteiger partial charge in [0.2, 0.25) is 5.91 Å². The van der Waals surface area contributed by atoms with Crippen molar-refractivity contribution < 1.29 is 18.4 Å². The number of aromatic nitrogens is 2. The molecule has 0 unspecified atom stereocenters. The fourth-order valence-corrected chi connectivity index (χ4v) is 2.95. The van der Waals surface area contributed by atoms with Crippen molar-refractivity contribution in [2.24, 2.45) is 0 Å².